The number of fused-ring (bicyclic) bond motifs is 2. The summed E-state index contributed by atoms with van der Waals surface area (Å²) in [6, 6.07) is 6.89. The zero-order valence-corrected chi connectivity index (χ0v) is 17.7. The largest absolute Gasteiger partial charge is 0.350 e. The van der Waals surface area contributed by atoms with E-state index in [0.29, 0.717) is 23.2 Å². The normalized spacial score (nSPS) is 20.0. The van der Waals surface area contributed by atoms with Crippen LogP contribution in [0, 0.1) is 12.7 Å². The Morgan fingerprint density at radius 1 is 1.40 bits per heavy atom. The Labute approximate surface area is 182 Å². The minimum Gasteiger partial charge on any atom is -0.350 e. The first kappa shape index (κ1) is 19.4. The molecule has 0 radical (unpaired) electrons. The quantitative estimate of drug-likeness (QED) is 0.577. The van der Waals surface area contributed by atoms with Crippen molar-refractivity contribution in [2.75, 3.05) is 23.3 Å². The fraction of sp³-hybridized carbons (Fsp3) is 0.286. The number of nitrogens with one attached hydrogen (secondary N) is 2. The molecule has 2 aliphatic rings. The van der Waals surface area contributed by atoms with Crippen LogP contribution in [0.15, 0.2) is 35.8 Å². The SMILES string of the molecule is Cc1cc(C(=O)c2cccc(Cl)c2F)c(N2C[C@@H]3C[C@H]2CN3)nc1Nc1nccs1. The summed E-state index contributed by atoms with van der Waals surface area (Å²) in [4.78, 5) is 24.6. The summed E-state index contributed by atoms with van der Waals surface area (Å²) in [5, 5.41) is 9.22. The van der Waals surface area contributed by atoms with Gasteiger partial charge in [-0.25, -0.2) is 14.4 Å². The van der Waals surface area contributed by atoms with Gasteiger partial charge in [-0.2, -0.15) is 0 Å². The molecule has 2 N–H and O–H groups in total. The highest BCUT2D eigenvalue weighted by molar-refractivity contribution is 7.13. The smallest absolute Gasteiger partial charge is 0.199 e. The molecule has 2 fully saturated rings. The maximum atomic E-state index is 14.6. The van der Waals surface area contributed by atoms with Crippen LogP contribution in [0.1, 0.15) is 27.9 Å². The van der Waals surface area contributed by atoms with E-state index < -0.39 is 11.6 Å². The van der Waals surface area contributed by atoms with Gasteiger partial charge >= 0.3 is 0 Å². The molecule has 30 heavy (non-hydrogen) atoms. The third kappa shape index (κ3) is 3.34. The van der Waals surface area contributed by atoms with Gasteiger partial charge in [0.15, 0.2) is 16.7 Å². The number of halogens is 2. The maximum absolute atomic E-state index is 14.6. The number of hydrogen-bond donors (Lipinski definition) is 2. The highest BCUT2D eigenvalue weighted by Gasteiger charge is 2.40. The molecule has 9 heteroatoms. The van der Waals surface area contributed by atoms with E-state index in [9.17, 15) is 9.18 Å². The highest BCUT2D eigenvalue weighted by atomic mass is 35.5. The van der Waals surface area contributed by atoms with E-state index >= 15 is 0 Å². The molecule has 2 aliphatic heterocycles. The van der Waals surface area contributed by atoms with Crippen molar-refractivity contribution in [2.45, 2.75) is 25.4 Å². The van der Waals surface area contributed by atoms with Gasteiger partial charge in [-0.05, 0) is 37.1 Å². The molecule has 3 aromatic rings. The molecular formula is C21H19ClFN5OS. The number of thiazole rings is 1. The summed E-state index contributed by atoms with van der Waals surface area (Å²) in [7, 11) is 0. The van der Waals surface area contributed by atoms with E-state index in [2.05, 4.69) is 20.5 Å². The zero-order chi connectivity index (χ0) is 20.8. The second-order valence-electron chi connectivity index (χ2n) is 7.56. The van der Waals surface area contributed by atoms with Crippen molar-refractivity contribution in [3.05, 3.63) is 63.4 Å². The first-order valence-electron chi connectivity index (χ1n) is 9.68. The second kappa shape index (κ2) is 7.61. The average molecular weight is 444 g/mol. The summed E-state index contributed by atoms with van der Waals surface area (Å²) in [6.07, 6.45) is 2.72. The first-order valence-corrected chi connectivity index (χ1v) is 10.9. The van der Waals surface area contributed by atoms with E-state index in [1.165, 1.54) is 23.5 Å². The minimum atomic E-state index is -0.706. The Morgan fingerprint density at radius 2 is 2.27 bits per heavy atom. The van der Waals surface area contributed by atoms with Crippen LogP contribution in [0.25, 0.3) is 0 Å². The van der Waals surface area contributed by atoms with Gasteiger partial charge in [0.05, 0.1) is 16.1 Å². The predicted octanol–water partition coefficient (Wildman–Crippen LogP) is 4.16. The third-order valence-electron chi connectivity index (χ3n) is 5.62. The van der Waals surface area contributed by atoms with Gasteiger partial charge in [-0.3, -0.25) is 4.79 Å². The van der Waals surface area contributed by atoms with Crippen LogP contribution in [0.2, 0.25) is 5.02 Å². The Kier molecular flexibility index (Phi) is 4.92. The predicted molar refractivity (Wildman–Crippen MR) is 117 cm³/mol. The van der Waals surface area contributed by atoms with Crippen molar-refractivity contribution in [1.29, 1.82) is 0 Å². The minimum absolute atomic E-state index is 0.0481. The Bertz CT molecular complexity index is 1120. The lowest BCUT2D eigenvalue weighted by atomic mass is 10.0. The Balaban J connectivity index is 1.61. The number of ketones is 1. The average Bonchev–Trinajstić information content (AvgIpc) is 3.49. The second-order valence-corrected chi connectivity index (χ2v) is 8.87. The molecule has 0 saturated carbocycles. The van der Waals surface area contributed by atoms with Gasteiger partial charge in [0.25, 0.3) is 0 Å². The molecule has 154 valence electrons. The van der Waals surface area contributed by atoms with Crippen LogP contribution >= 0.6 is 22.9 Å². The molecule has 2 bridgehead atoms. The Morgan fingerprint density at radius 3 is 2.97 bits per heavy atom. The molecule has 0 unspecified atom stereocenters. The number of aryl methyl sites for hydroxylation is 1. The van der Waals surface area contributed by atoms with Crippen LogP contribution in [-0.2, 0) is 0 Å². The maximum Gasteiger partial charge on any atom is 0.199 e. The van der Waals surface area contributed by atoms with Crippen LogP contribution in [0.5, 0.6) is 0 Å². The number of nitrogens with zero attached hydrogens (tertiary/aromatic N) is 3. The van der Waals surface area contributed by atoms with E-state index in [1.54, 1.807) is 18.3 Å². The van der Waals surface area contributed by atoms with Crippen molar-refractivity contribution in [3.63, 3.8) is 0 Å². The number of piperazine rings is 1. The van der Waals surface area contributed by atoms with Gasteiger partial charge in [-0.1, -0.05) is 17.7 Å². The Hall–Kier alpha value is -2.55. The fourth-order valence-electron chi connectivity index (χ4n) is 4.15. The topological polar surface area (TPSA) is 70.2 Å². The number of anilines is 3. The number of benzene rings is 1. The standard InChI is InChI=1S/C21H19ClFN5OS/c1-11-7-15(18(29)14-3-2-4-16(22)17(14)23)20(28-10-12-8-13(28)9-25-12)26-19(11)27-21-24-5-6-30-21/h2-7,12-13,25H,8-10H2,1H3,(H,24,26,27)/t12-,13-/m0/s1. The van der Waals surface area contributed by atoms with Crippen LogP contribution in [0.3, 0.4) is 0 Å². The van der Waals surface area contributed by atoms with Crippen molar-refractivity contribution < 1.29 is 9.18 Å². The van der Waals surface area contributed by atoms with Crippen molar-refractivity contribution in [1.82, 2.24) is 15.3 Å². The molecule has 4 heterocycles. The van der Waals surface area contributed by atoms with Gasteiger partial charge in [0.2, 0.25) is 0 Å². The van der Waals surface area contributed by atoms with Gasteiger partial charge in [-0.15, -0.1) is 11.3 Å². The van der Waals surface area contributed by atoms with Crippen molar-refractivity contribution in [2.24, 2.45) is 0 Å². The number of pyridine rings is 1. The number of rotatable bonds is 5. The number of hydrogen-bond acceptors (Lipinski definition) is 7. The summed E-state index contributed by atoms with van der Waals surface area (Å²) in [5.41, 5.74) is 1.11. The monoisotopic (exact) mass is 443 g/mol. The summed E-state index contributed by atoms with van der Waals surface area (Å²) in [5.74, 6) is 0.0799. The summed E-state index contributed by atoms with van der Waals surface area (Å²) < 4.78 is 14.6. The zero-order valence-electron chi connectivity index (χ0n) is 16.2. The van der Waals surface area contributed by atoms with Crippen LogP contribution in [-0.4, -0.2) is 40.9 Å². The molecule has 2 saturated heterocycles. The van der Waals surface area contributed by atoms with Gasteiger partial charge < -0.3 is 15.5 Å². The molecule has 5 rings (SSSR count). The number of carbonyl (C=O) groups excluding carboxylic acids is 1. The lowest BCUT2D eigenvalue weighted by molar-refractivity contribution is 0.103. The van der Waals surface area contributed by atoms with E-state index in [0.717, 1.165) is 30.2 Å². The molecule has 0 aliphatic carbocycles. The molecule has 2 aromatic heterocycles. The molecule has 1 aromatic carbocycles. The third-order valence-corrected chi connectivity index (χ3v) is 6.60. The number of aromatic nitrogens is 2. The molecule has 2 atom stereocenters. The van der Waals surface area contributed by atoms with Crippen LogP contribution in [0.4, 0.5) is 21.2 Å². The van der Waals surface area contributed by atoms with E-state index in [1.807, 2.05) is 12.3 Å². The lowest BCUT2D eigenvalue weighted by Gasteiger charge is -2.30. The van der Waals surface area contributed by atoms with Crippen molar-refractivity contribution >= 4 is 45.5 Å². The van der Waals surface area contributed by atoms with E-state index in [-0.39, 0.29) is 16.6 Å². The van der Waals surface area contributed by atoms with E-state index in [4.69, 9.17) is 16.6 Å². The fourth-order valence-corrected chi connectivity index (χ4v) is 4.85. The molecule has 0 amide bonds. The summed E-state index contributed by atoms with van der Waals surface area (Å²) in [6.45, 7) is 3.47. The number of carbonyl (C=O) groups is 1. The first-order chi connectivity index (χ1) is 14.5. The molecule has 6 nitrogen and oxygen atoms in total. The molecule has 0 spiro atoms. The van der Waals surface area contributed by atoms with Crippen LogP contribution < -0.4 is 15.5 Å². The van der Waals surface area contributed by atoms with Gasteiger partial charge in [0.1, 0.15) is 11.6 Å². The lowest BCUT2D eigenvalue weighted by Crippen LogP contribution is -2.44. The van der Waals surface area contributed by atoms with Crippen molar-refractivity contribution in [3.8, 4) is 0 Å². The van der Waals surface area contributed by atoms with Gasteiger partial charge in [0, 0.05) is 36.8 Å². The highest BCUT2D eigenvalue weighted by Crippen LogP contribution is 2.35. The molecular weight excluding hydrogens is 425 g/mol. The summed E-state index contributed by atoms with van der Waals surface area (Å²) >= 11 is 7.39.